The summed E-state index contributed by atoms with van der Waals surface area (Å²) in [5.41, 5.74) is 0.0980. The molecule has 17 heavy (non-hydrogen) atoms. The molecule has 0 aromatic heterocycles. The predicted molar refractivity (Wildman–Crippen MR) is 71.0 cm³/mol. The average molecular weight is 302 g/mol. The van der Waals surface area contributed by atoms with Crippen LogP contribution in [0.1, 0.15) is 37.0 Å². The monoisotopic (exact) mass is 301 g/mol. The average Bonchev–Trinajstić information content (AvgIpc) is 2.36. The molecule has 94 valence electrons. The Labute approximate surface area is 110 Å². The second-order valence-electron chi connectivity index (χ2n) is 4.09. The Balaban J connectivity index is 2.84. The topological polar surface area (TPSA) is 29.1 Å². The van der Waals surface area contributed by atoms with E-state index in [2.05, 4.69) is 21.2 Å². The van der Waals surface area contributed by atoms with Gasteiger partial charge in [0.25, 0.3) is 5.91 Å². The van der Waals surface area contributed by atoms with Gasteiger partial charge in [-0.2, -0.15) is 0 Å². The normalized spacial score (nSPS) is 11.3. The molecule has 0 aliphatic rings. The molecule has 0 atom stereocenters. The highest BCUT2D eigenvalue weighted by Crippen LogP contribution is 2.19. The number of hydrogen-bond acceptors (Lipinski definition) is 1. The summed E-state index contributed by atoms with van der Waals surface area (Å²) < 4.78 is 13.0. The van der Waals surface area contributed by atoms with Crippen molar-refractivity contribution in [3.8, 4) is 0 Å². The Morgan fingerprint density at radius 1 is 1.41 bits per heavy atom. The van der Waals surface area contributed by atoms with Gasteiger partial charge in [0.2, 0.25) is 0 Å². The summed E-state index contributed by atoms with van der Waals surface area (Å²) in [5.74, 6) is -0.622. The maximum absolute atomic E-state index is 13.0. The molecule has 0 unspecified atom stereocenters. The minimum atomic E-state index is -0.393. The third-order valence-electron chi connectivity index (χ3n) is 3.07. The predicted octanol–water partition coefficient (Wildman–Crippen LogP) is 3.51. The Hall–Kier alpha value is -0.900. The van der Waals surface area contributed by atoms with Crippen molar-refractivity contribution in [3.63, 3.8) is 0 Å². The molecular weight excluding hydrogens is 285 g/mol. The fourth-order valence-corrected chi connectivity index (χ4v) is 2.53. The smallest absolute Gasteiger partial charge is 0.251 e. The molecule has 0 aliphatic heterocycles. The van der Waals surface area contributed by atoms with E-state index >= 15 is 0 Å². The van der Waals surface area contributed by atoms with Gasteiger partial charge in [0.1, 0.15) is 5.82 Å². The third-order valence-corrected chi connectivity index (χ3v) is 4.15. The van der Waals surface area contributed by atoms with E-state index < -0.39 is 5.82 Å². The summed E-state index contributed by atoms with van der Waals surface area (Å²) >= 11 is 3.42. The van der Waals surface area contributed by atoms with E-state index in [4.69, 9.17) is 0 Å². The van der Waals surface area contributed by atoms with Gasteiger partial charge < -0.3 is 5.32 Å². The number of alkyl halides is 1. The maximum atomic E-state index is 13.0. The Bertz CT molecular complexity index is 382. The molecule has 0 heterocycles. The van der Waals surface area contributed by atoms with E-state index in [9.17, 15) is 9.18 Å². The van der Waals surface area contributed by atoms with Crippen LogP contribution in [0.25, 0.3) is 0 Å². The highest BCUT2D eigenvalue weighted by Gasteiger charge is 2.27. The zero-order valence-electron chi connectivity index (χ0n) is 10.1. The zero-order chi connectivity index (χ0) is 12.9. The summed E-state index contributed by atoms with van der Waals surface area (Å²) in [6.07, 6.45) is 1.66. The van der Waals surface area contributed by atoms with E-state index in [1.807, 2.05) is 13.8 Å². The van der Waals surface area contributed by atoms with Crippen molar-refractivity contribution in [1.82, 2.24) is 5.32 Å². The van der Waals surface area contributed by atoms with Gasteiger partial charge >= 0.3 is 0 Å². The number of rotatable bonds is 5. The van der Waals surface area contributed by atoms with Gasteiger partial charge in [-0.15, -0.1) is 0 Å². The second kappa shape index (κ2) is 6.15. The van der Waals surface area contributed by atoms with Gasteiger partial charge in [0.05, 0.1) is 0 Å². The third kappa shape index (κ3) is 3.53. The largest absolute Gasteiger partial charge is 0.346 e. The minimum Gasteiger partial charge on any atom is -0.346 e. The standard InChI is InChI=1S/C13H17BrFNO/c1-3-13(4-2,9-14)16-12(17)10-6-5-7-11(15)8-10/h5-8H,3-4,9H2,1-2H3,(H,16,17). The second-order valence-corrected chi connectivity index (χ2v) is 4.65. The van der Waals surface area contributed by atoms with Crippen LogP contribution in [0.5, 0.6) is 0 Å². The first kappa shape index (κ1) is 14.2. The molecule has 0 saturated carbocycles. The molecule has 0 fully saturated rings. The number of halogens is 2. The van der Waals surface area contributed by atoms with E-state index in [0.717, 1.165) is 12.8 Å². The lowest BCUT2D eigenvalue weighted by molar-refractivity contribution is 0.0903. The molecule has 0 aliphatic carbocycles. The first-order valence-corrected chi connectivity index (χ1v) is 6.83. The number of carbonyl (C=O) groups is 1. The fourth-order valence-electron chi connectivity index (χ4n) is 1.59. The van der Waals surface area contributed by atoms with E-state index in [0.29, 0.717) is 10.9 Å². The lowest BCUT2D eigenvalue weighted by Crippen LogP contribution is -2.49. The number of amides is 1. The lowest BCUT2D eigenvalue weighted by atomic mass is 9.95. The van der Waals surface area contributed by atoms with Crippen molar-refractivity contribution >= 4 is 21.8 Å². The van der Waals surface area contributed by atoms with Gasteiger partial charge in [-0.1, -0.05) is 35.8 Å². The number of nitrogens with one attached hydrogen (secondary N) is 1. The minimum absolute atomic E-state index is 0.229. The summed E-state index contributed by atoms with van der Waals surface area (Å²) in [4.78, 5) is 12.0. The van der Waals surface area contributed by atoms with E-state index in [1.165, 1.54) is 18.2 Å². The molecule has 1 aromatic rings. The molecule has 1 N–H and O–H groups in total. The Morgan fingerprint density at radius 2 is 2.06 bits per heavy atom. The highest BCUT2D eigenvalue weighted by atomic mass is 79.9. The van der Waals surface area contributed by atoms with Gasteiger partial charge in [-0.25, -0.2) is 4.39 Å². The Morgan fingerprint density at radius 3 is 2.53 bits per heavy atom. The first-order chi connectivity index (χ1) is 8.06. The molecular formula is C13H17BrFNO. The van der Waals surface area contributed by atoms with Crippen LogP contribution in [0.2, 0.25) is 0 Å². The molecule has 1 amide bonds. The molecule has 2 nitrogen and oxygen atoms in total. The van der Waals surface area contributed by atoms with Crippen molar-refractivity contribution in [2.45, 2.75) is 32.2 Å². The van der Waals surface area contributed by atoms with Crippen LogP contribution in [0.4, 0.5) is 4.39 Å². The molecule has 0 spiro atoms. The highest BCUT2D eigenvalue weighted by molar-refractivity contribution is 9.09. The van der Waals surface area contributed by atoms with Crippen molar-refractivity contribution in [1.29, 1.82) is 0 Å². The van der Waals surface area contributed by atoms with Gasteiger partial charge in [0.15, 0.2) is 0 Å². The lowest BCUT2D eigenvalue weighted by Gasteiger charge is -2.30. The number of hydrogen-bond donors (Lipinski definition) is 1. The summed E-state index contributed by atoms with van der Waals surface area (Å²) in [7, 11) is 0. The van der Waals surface area contributed by atoms with Crippen LogP contribution in [0.15, 0.2) is 24.3 Å². The van der Waals surface area contributed by atoms with Crippen LogP contribution >= 0.6 is 15.9 Å². The number of carbonyl (C=O) groups excluding carboxylic acids is 1. The summed E-state index contributed by atoms with van der Waals surface area (Å²) in [6.45, 7) is 4.05. The van der Waals surface area contributed by atoms with Crippen LogP contribution in [0, 0.1) is 5.82 Å². The van der Waals surface area contributed by atoms with Crippen LogP contribution in [-0.4, -0.2) is 16.8 Å². The number of benzene rings is 1. The van der Waals surface area contributed by atoms with Crippen LogP contribution in [0.3, 0.4) is 0 Å². The molecule has 0 radical (unpaired) electrons. The van der Waals surface area contributed by atoms with Crippen LogP contribution < -0.4 is 5.32 Å². The van der Waals surface area contributed by atoms with Crippen molar-refractivity contribution in [2.75, 3.05) is 5.33 Å². The zero-order valence-corrected chi connectivity index (χ0v) is 11.7. The maximum Gasteiger partial charge on any atom is 0.251 e. The van der Waals surface area contributed by atoms with Gasteiger partial charge in [-0.3, -0.25) is 4.79 Å². The van der Waals surface area contributed by atoms with Crippen molar-refractivity contribution in [2.24, 2.45) is 0 Å². The quantitative estimate of drug-likeness (QED) is 0.829. The van der Waals surface area contributed by atoms with E-state index in [-0.39, 0.29) is 11.4 Å². The molecule has 0 saturated heterocycles. The molecule has 1 rings (SSSR count). The molecule has 4 heteroatoms. The summed E-state index contributed by atoms with van der Waals surface area (Å²) in [6, 6.07) is 5.73. The van der Waals surface area contributed by atoms with Crippen LogP contribution in [-0.2, 0) is 0 Å². The van der Waals surface area contributed by atoms with Gasteiger partial charge in [-0.05, 0) is 31.0 Å². The molecule has 1 aromatic carbocycles. The summed E-state index contributed by atoms with van der Waals surface area (Å²) in [5, 5.41) is 3.66. The molecule has 0 bridgehead atoms. The SMILES string of the molecule is CCC(CC)(CBr)NC(=O)c1cccc(F)c1. The Kier molecular flexibility index (Phi) is 5.12. The fraction of sp³-hybridized carbons (Fsp3) is 0.462. The van der Waals surface area contributed by atoms with Crippen molar-refractivity contribution in [3.05, 3.63) is 35.6 Å². The van der Waals surface area contributed by atoms with Crippen molar-refractivity contribution < 1.29 is 9.18 Å². The first-order valence-electron chi connectivity index (χ1n) is 5.71. The van der Waals surface area contributed by atoms with Gasteiger partial charge in [0, 0.05) is 16.4 Å². The van der Waals surface area contributed by atoms with E-state index in [1.54, 1.807) is 6.07 Å².